The molecule has 1 saturated carbocycles. The van der Waals surface area contributed by atoms with Crippen molar-refractivity contribution in [2.75, 3.05) is 17.3 Å². The van der Waals surface area contributed by atoms with Gasteiger partial charge in [0.05, 0.1) is 22.8 Å². The average molecular weight is 339 g/mol. The largest absolute Gasteiger partial charge is 0.346 e. The zero-order valence-corrected chi connectivity index (χ0v) is 14.1. The zero-order chi connectivity index (χ0) is 15.6. The summed E-state index contributed by atoms with van der Waals surface area (Å²) in [5, 5.41) is 3.26. The second kappa shape index (κ2) is 6.24. The molecule has 0 bridgehead atoms. The van der Waals surface area contributed by atoms with Crippen molar-refractivity contribution in [3.8, 4) is 0 Å². The van der Waals surface area contributed by atoms with Gasteiger partial charge in [0.15, 0.2) is 9.84 Å². The van der Waals surface area contributed by atoms with E-state index < -0.39 is 9.84 Å². The molecule has 2 aliphatic rings. The average Bonchev–Trinajstić information content (AvgIpc) is 2.81. The van der Waals surface area contributed by atoms with E-state index in [-0.39, 0.29) is 28.2 Å². The van der Waals surface area contributed by atoms with E-state index in [1.807, 2.05) is 18.2 Å². The van der Waals surface area contributed by atoms with Crippen molar-refractivity contribution in [1.29, 1.82) is 0 Å². The highest BCUT2D eigenvalue weighted by Gasteiger charge is 2.40. The standard InChI is InChI=1S/C16H21NO3S2/c18-15(11-21-14-7-10-22(19,20)12-14)17-16(8-4-9-16)13-5-2-1-3-6-13/h1-3,5-6,14H,4,7-12H2,(H,17,18)/t14-/m1/s1. The SMILES string of the molecule is O=C(CS[C@@H]1CCS(=O)(=O)C1)NC1(c2ccccc2)CCC1. The van der Waals surface area contributed by atoms with Crippen LogP contribution >= 0.6 is 11.8 Å². The first kappa shape index (κ1) is 15.9. The lowest BCUT2D eigenvalue weighted by atomic mass is 9.72. The van der Waals surface area contributed by atoms with Crippen molar-refractivity contribution < 1.29 is 13.2 Å². The van der Waals surface area contributed by atoms with Crippen molar-refractivity contribution in [2.24, 2.45) is 0 Å². The van der Waals surface area contributed by atoms with E-state index in [0.717, 1.165) is 19.3 Å². The topological polar surface area (TPSA) is 63.2 Å². The van der Waals surface area contributed by atoms with Gasteiger partial charge in [0.25, 0.3) is 0 Å². The number of amides is 1. The summed E-state index contributed by atoms with van der Waals surface area (Å²) in [7, 11) is -2.87. The van der Waals surface area contributed by atoms with E-state index >= 15 is 0 Å². The number of rotatable bonds is 5. The van der Waals surface area contributed by atoms with Crippen LogP contribution in [0, 0.1) is 0 Å². The molecule has 0 radical (unpaired) electrons. The third-order valence-electron chi connectivity index (χ3n) is 4.55. The summed E-state index contributed by atoms with van der Waals surface area (Å²) in [6, 6.07) is 10.1. The maximum atomic E-state index is 12.3. The molecule has 4 nitrogen and oxygen atoms in total. The monoisotopic (exact) mass is 339 g/mol. The summed E-state index contributed by atoms with van der Waals surface area (Å²) in [5.74, 6) is 0.835. The second-order valence-corrected chi connectivity index (χ2v) is 9.70. The molecule has 6 heteroatoms. The minimum absolute atomic E-state index is 0.0119. The molecule has 1 atom stereocenters. The van der Waals surface area contributed by atoms with Crippen molar-refractivity contribution >= 4 is 27.5 Å². The first-order valence-corrected chi connectivity index (χ1v) is 10.5. The Hall–Kier alpha value is -1.01. The van der Waals surface area contributed by atoms with E-state index in [9.17, 15) is 13.2 Å². The van der Waals surface area contributed by atoms with E-state index in [1.54, 1.807) is 0 Å². The highest BCUT2D eigenvalue weighted by Crippen LogP contribution is 2.41. The lowest BCUT2D eigenvalue weighted by molar-refractivity contribution is -0.121. The predicted octanol–water partition coefficient (Wildman–Crippen LogP) is 2.10. The van der Waals surface area contributed by atoms with E-state index in [1.165, 1.54) is 17.3 Å². The Labute approximate surface area is 136 Å². The molecule has 120 valence electrons. The van der Waals surface area contributed by atoms with E-state index in [4.69, 9.17) is 0 Å². The maximum Gasteiger partial charge on any atom is 0.230 e. The van der Waals surface area contributed by atoms with Gasteiger partial charge in [-0.15, -0.1) is 11.8 Å². The number of sulfone groups is 1. The van der Waals surface area contributed by atoms with Gasteiger partial charge < -0.3 is 5.32 Å². The fraction of sp³-hybridized carbons (Fsp3) is 0.562. The Kier molecular flexibility index (Phi) is 4.50. The van der Waals surface area contributed by atoms with Crippen LogP contribution in [0.4, 0.5) is 0 Å². The lowest BCUT2D eigenvalue weighted by Gasteiger charge is -2.43. The van der Waals surface area contributed by atoms with Crippen LogP contribution in [-0.4, -0.2) is 36.8 Å². The molecule has 1 aromatic carbocycles. The summed E-state index contributed by atoms with van der Waals surface area (Å²) in [4.78, 5) is 12.3. The number of carbonyl (C=O) groups is 1. The minimum atomic E-state index is -2.87. The number of thioether (sulfide) groups is 1. The molecule has 1 aliphatic carbocycles. The number of nitrogens with one attached hydrogen (secondary N) is 1. The highest BCUT2D eigenvalue weighted by molar-refractivity contribution is 8.02. The molecular weight excluding hydrogens is 318 g/mol. The Morgan fingerprint density at radius 2 is 2.00 bits per heavy atom. The molecule has 0 spiro atoms. The van der Waals surface area contributed by atoms with Gasteiger partial charge in [0.2, 0.25) is 5.91 Å². The maximum absolute atomic E-state index is 12.3. The van der Waals surface area contributed by atoms with Crippen molar-refractivity contribution in [3.05, 3.63) is 35.9 Å². The fourth-order valence-electron chi connectivity index (χ4n) is 3.16. The van der Waals surface area contributed by atoms with Crippen LogP contribution < -0.4 is 5.32 Å². The van der Waals surface area contributed by atoms with Gasteiger partial charge in [-0.1, -0.05) is 30.3 Å². The van der Waals surface area contributed by atoms with Crippen LogP contribution in [0.5, 0.6) is 0 Å². The lowest BCUT2D eigenvalue weighted by Crippen LogP contribution is -2.51. The van der Waals surface area contributed by atoms with Crippen molar-refractivity contribution in [3.63, 3.8) is 0 Å². The predicted molar refractivity (Wildman–Crippen MR) is 89.6 cm³/mol. The summed E-state index contributed by atoms with van der Waals surface area (Å²) in [6.45, 7) is 0. The molecular formula is C16H21NO3S2. The molecule has 22 heavy (non-hydrogen) atoms. The number of carbonyl (C=O) groups excluding carboxylic acids is 1. The Morgan fingerprint density at radius 1 is 1.27 bits per heavy atom. The van der Waals surface area contributed by atoms with Gasteiger partial charge in [0, 0.05) is 5.25 Å². The van der Waals surface area contributed by atoms with Gasteiger partial charge in [-0.2, -0.15) is 0 Å². The Morgan fingerprint density at radius 3 is 2.55 bits per heavy atom. The second-order valence-electron chi connectivity index (χ2n) is 6.19. The molecule has 1 saturated heterocycles. The molecule has 1 aromatic rings. The molecule has 2 fully saturated rings. The van der Waals surface area contributed by atoms with Crippen LogP contribution in [0.15, 0.2) is 30.3 Å². The molecule has 3 rings (SSSR count). The fourth-order valence-corrected chi connectivity index (χ4v) is 6.61. The quantitative estimate of drug-likeness (QED) is 0.892. The summed E-state index contributed by atoms with van der Waals surface area (Å²) in [6.07, 6.45) is 3.75. The van der Waals surface area contributed by atoms with Crippen molar-refractivity contribution in [2.45, 2.75) is 36.5 Å². The van der Waals surface area contributed by atoms with Crippen LogP contribution in [0.3, 0.4) is 0 Å². The molecule has 1 aliphatic heterocycles. The summed E-state index contributed by atoms with van der Waals surface area (Å²) in [5.41, 5.74) is 0.962. The minimum Gasteiger partial charge on any atom is -0.346 e. The first-order chi connectivity index (χ1) is 10.5. The molecule has 0 unspecified atom stereocenters. The van der Waals surface area contributed by atoms with E-state index in [0.29, 0.717) is 12.2 Å². The van der Waals surface area contributed by atoms with Gasteiger partial charge in [0.1, 0.15) is 0 Å². The number of hydrogen-bond acceptors (Lipinski definition) is 4. The van der Waals surface area contributed by atoms with Crippen molar-refractivity contribution in [1.82, 2.24) is 5.32 Å². The molecule has 1 N–H and O–H groups in total. The smallest absolute Gasteiger partial charge is 0.230 e. The van der Waals surface area contributed by atoms with Crippen LogP contribution in [-0.2, 0) is 20.2 Å². The summed E-state index contributed by atoms with van der Waals surface area (Å²) >= 11 is 1.47. The molecule has 1 amide bonds. The van der Waals surface area contributed by atoms with E-state index in [2.05, 4.69) is 17.4 Å². The summed E-state index contributed by atoms with van der Waals surface area (Å²) < 4.78 is 22.9. The first-order valence-electron chi connectivity index (χ1n) is 7.68. The third kappa shape index (κ3) is 3.49. The number of benzene rings is 1. The Balaban J connectivity index is 1.55. The van der Waals surface area contributed by atoms with Gasteiger partial charge in [-0.3, -0.25) is 4.79 Å². The Bertz CT molecular complexity index is 639. The molecule has 0 aromatic heterocycles. The number of hydrogen-bond donors (Lipinski definition) is 1. The van der Waals surface area contributed by atoms with Crippen LogP contribution in [0.2, 0.25) is 0 Å². The zero-order valence-electron chi connectivity index (χ0n) is 12.5. The third-order valence-corrected chi connectivity index (χ3v) is 7.83. The van der Waals surface area contributed by atoms with Gasteiger partial charge in [-0.25, -0.2) is 8.42 Å². The van der Waals surface area contributed by atoms with Crippen LogP contribution in [0.1, 0.15) is 31.2 Å². The van der Waals surface area contributed by atoms with Gasteiger partial charge in [-0.05, 0) is 31.2 Å². The van der Waals surface area contributed by atoms with Gasteiger partial charge >= 0.3 is 0 Å². The molecule has 1 heterocycles. The normalized spacial score (nSPS) is 25.4. The highest BCUT2D eigenvalue weighted by atomic mass is 32.2. The van der Waals surface area contributed by atoms with Crippen LogP contribution in [0.25, 0.3) is 0 Å².